The van der Waals surface area contributed by atoms with Crippen LogP contribution in [-0.4, -0.2) is 93.2 Å². The molecule has 3 aliphatic heterocycles. The standard InChI is InChI=1S/C30H39Cl2N7O2/c1-5-25(40)36-10-6-21(7-11-36)39-19(2)26(27-22-17-33-34-24(22)16-23(31)28(27)32)29(35-39)38-13-12-37(18-30(38,3)4)20-8-14-41-15-9-20/h5,16-17,20-21H,1,6-15,18H2,2-4H3,(H,33,34). The third kappa shape index (κ3) is 5.15. The molecule has 5 heterocycles. The Bertz CT molecular complexity index is 1450. The van der Waals surface area contributed by atoms with E-state index in [0.717, 1.165) is 92.1 Å². The number of halogens is 2. The van der Waals surface area contributed by atoms with E-state index in [2.05, 4.69) is 52.0 Å². The van der Waals surface area contributed by atoms with Crippen molar-refractivity contribution in [3.63, 3.8) is 0 Å². The molecule has 6 rings (SSSR count). The Kier molecular flexibility index (Phi) is 7.82. The molecule has 0 spiro atoms. The lowest BCUT2D eigenvalue weighted by molar-refractivity contribution is -0.127. The summed E-state index contributed by atoms with van der Waals surface area (Å²) in [5, 5.41) is 14.7. The van der Waals surface area contributed by atoms with Crippen molar-refractivity contribution in [1.82, 2.24) is 29.8 Å². The van der Waals surface area contributed by atoms with Crippen LogP contribution in [0.1, 0.15) is 51.3 Å². The van der Waals surface area contributed by atoms with Gasteiger partial charge in [-0.25, -0.2) is 0 Å². The Labute approximate surface area is 251 Å². The number of fused-ring (bicyclic) bond motifs is 1. The Hall–Kier alpha value is -2.59. The molecule has 220 valence electrons. The number of nitrogens with zero attached hydrogens (tertiary/aromatic N) is 6. The zero-order valence-corrected chi connectivity index (χ0v) is 25.6. The minimum Gasteiger partial charge on any atom is -0.381 e. The number of aromatic amines is 1. The summed E-state index contributed by atoms with van der Waals surface area (Å²) in [6.45, 7) is 16.2. The van der Waals surface area contributed by atoms with E-state index in [1.807, 2.05) is 17.2 Å². The van der Waals surface area contributed by atoms with Crippen LogP contribution in [0.2, 0.25) is 10.0 Å². The minimum atomic E-state index is -0.169. The van der Waals surface area contributed by atoms with Crippen molar-refractivity contribution in [3.8, 4) is 11.1 Å². The number of H-pyrrole nitrogens is 1. The zero-order valence-electron chi connectivity index (χ0n) is 24.1. The number of carbonyl (C=O) groups is 1. The van der Waals surface area contributed by atoms with Gasteiger partial charge in [-0.3, -0.25) is 19.5 Å². The van der Waals surface area contributed by atoms with Gasteiger partial charge in [0.05, 0.1) is 27.8 Å². The number of piperazine rings is 1. The van der Waals surface area contributed by atoms with Crippen LogP contribution in [0, 0.1) is 6.92 Å². The molecule has 1 N–H and O–H groups in total. The Balaban J connectivity index is 1.42. The van der Waals surface area contributed by atoms with Gasteiger partial charge < -0.3 is 14.5 Å². The van der Waals surface area contributed by atoms with Crippen LogP contribution in [0.3, 0.4) is 0 Å². The molecular weight excluding hydrogens is 561 g/mol. The molecular formula is C30H39Cl2N7O2. The lowest BCUT2D eigenvalue weighted by Crippen LogP contribution is -2.62. The van der Waals surface area contributed by atoms with E-state index in [1.54, 1.807) is 0 Å². The summed E-state index contributed by atoms with van der Waals surface area (Å²) in [5.74, 6) is 0.912. The largest absolute Gasteiger partial charge is 0.381 e. The number of piperidine rings is 1. The maximum absolute atomic E-state index is 12.2. The molecule has 1 amide bonds. The molecule has 0 radical (unpaired) electrons. The fraction of sp³-hybridized carbons (Fsp3) is 0.567. The summed E-state index contributed by atoms with van der Waals surface area (Å²) in [6, 6.07) is 2.55. The number of likely N-dealkylation sites (tertiary alicyclic amines) is 1. The van der Waals surface area contributed by atoms with Crippen LogP contribution >= 0.6 is 23.2 Å². The summed E-state index contributed by atoms with van der Waals surface area (Å²) in [7, 11) is 0. The Morgan fingerprint density at radius 1 is 1.10 bits per heavy atom. The van der Waals surface area contributed by atoms with Crippen molar-refractivity contribution >= 4 is 45.8 Å². The van der Waals surface area contributed by atoms with Crippen molar-refractivity contribution in [2.24, 2.45) is 0 Å². The SMILES string of the molecule is C=CC(=O)N1CCC(n2nc(N3CCN(C4CCOCC4)CC3(C)C)c(-c3c(Cl)c(Cl)cc4[nH]ncc34)c2C)CC1. The van der Waals surface area contributed by atoms with Crippen LogP contribution in [0.4, 0.5) is 5.82 Å². The summed E-state index contributed by atoms with van der Waals surface area (Å²) < 4.78 is 7.81. The molecule has 3 aliphatic rings. The smallest absolute Gasteiger partial charge is 0.245 e. The molecule has 0 unspecified atom stereocenters. The monoisotopic (exact) mass is 599 g/mol. The first-order valence-electron chi connectivity index (χ1n) is 14.6. The highest BCUT2D eigenvalue weighted by molar-refractivity contribution is 6.45. The van der Waals surface area contributed by atoms with E-state index >= 15 is 0 Å². The summed E-state index contributed by atoms with van der Waals surface area (Å²) >= 11 is 13.7. The second-order valence-electron chi connectivity index (χ2n) is 12.1. The number of hydrogen-bond donors (Lipinski definition) is 1. The number of benzene rings is 1. The quantitative estimate of drug-likeness (QED) is 0.392. The first-order valence-corrected chi connectivity index (χ1v) is 15.4. The van der Waals surface area contributed by atoms with Crippen LogP contribution in [-0.2, 0) is 9.53 Å². The molecule has 1 aromatic carbocycles. The topological polar surface area (TPSA) is 82.5 Å². The van der Waals surface area contributed by atoms with Crippen molar-refractivity contribution < 1.29 is 9.53 Å². The van der Waals surface area contributed by atoms with Gasteiger partial charge in [0.15, 0.2) is 5.82 Å². The molecule has 0 aliphatic carbocycles. The van der Waals surface area contributed by atoms with Crippen LogP contribution in [0.25, 0.3) is 22.0 Å². The van der Waals surface area contributed by atoms with Gasteiger partial charge in [0, 0.05) is 79.7 Å². The second kappa shape index (κ2) is 11.2. The number of anilines is 1. The highest BCUT2D eigenvalue weighted by atomic mass is 35.5. The fourth-order valence-corrected chi connectivity index (χ4v) is 7.48. The lowest BCUT2D eigenvalue weighted by Gasteiger charge is -2.50. The van der Waals surface area contributed by atoms with Crippen molar-refractivity contribution in [1.29, 1.82) is 0 Å². The van der Waals surface area contributed by atoms with Gasteiger partial charge in [-0.15, -0.1) is 0 Å². The molecule has 3 saturated heterocycles. The van der Waals surface area contributed by atoms with Crippen LogP contribution < -0.4 is 4.90 Å². The number of carbonyl (C=O) groups excluding carboxylic acids is 1. The van der Waals surface area contributed by atoms with E-state index in [1.165, 1.54) is 6.08 Å². The summed E-state index contributed by atoms with van der Waals surface area (Å²) in [6.07, 6.45) is 7.03. The number of ether oxygens (including phenoxy) is 1. The molecule has 0 bridgehead atoms. The molecule has 3 fully saturated rings. The average molecular weight is 601 g/mol. The van der Waals surface area contributed by atoms with Crippen LogP contribution in [0.5, 0.6) is 0 Å². The third-order valence-electron chi connectivity index (χ3n) is 9.21. The maximum atomic E-state index is 12.2. The van der Waals surface area contributed by atoms with E-state index in [4.69, 9.17) is 33.0 Å². The molecule has 0 atom stereocenters. The predicted octanol–water partition coefficient (Wildman–Crippen LogP) is 5.47. The van der Waals surface area contributed by atoms with Crippen molar-refractivity contribution in [2.45, 2.75) is 64.1 Å². The van der Waals surface area contributed by atoms with E-state index in [-0.39, 0.29) is 17.5 Å². The van der Waals surface area contributed by atoms with Gasteiger partial charge >= 0.3 is 0 Å². The zero-order chi connectivity index (χ0) is 28.9. The van der Waals surface area contributed by atoms with E-state index in [0.29, 0.717) is 29.2 Å². The number of hydrogen-bond acceptors (Lipinski definition) is 6. The molecule has 9 nitrogen and oxygen atoms in total. The van der Waals surface area contributed by atoms with Gasteiger partial charge in [0.25, 0.3) is 0 Å². The highest BCUT2D eigenvalue weighted by Gasteiger charge is 2.40. The predicted molar refractivity (Wildman–Crippen MR) is 164 cm³/mol. The van der Waals surface area contributed by atoms with Crippen LogP contribution in [0.15, 0.2) is 24.9 Å². The number of amides is 1. The normalized spacial score (nSPS) is 21.1. The molecule has 0 saturated carbocycles. The van der Waals surface area contributed by atoms with Gasteiger partial charge in [-0.2, -0.15) is 10.2 Å². The number of aromatic nitrogens is 4. The van der Waals surface area contributed by atoms with Gasteiger partial charge in [0.1, 0.15) is 0 Å². The Morgan fingerprint density at radius 3 is 2.51 bits per heavy atom. The van der Waals surface area contributed by atoms with Crippen molar-refractivity contribution in [3.05, 3.63) is 40.7 Å². The minimum absolute atomic E-state index is 0.0146. The lowest BCUT2D eigenvalue weighted by atomic mass is 9.93. The number of nitrogens with one attached hydrogen (secondary N) is 1. The third-order valence-corrected chi connectivity index (χ3v) is 10.00. The molecule has 3 aromatic rings. The van der Waals surface area contributed by atoms with E-state index in [9.17, 15) is 4.79 Å². The maximum Gasteiger partial charge on any atom is 0.245 e. The molecule has 11 heteroatoms. The second-order valence-corrected chi connectivity index (χ2v) is 12.9. The fourth-order valence-electron chi connectivity index (χ4n) is 7.03. The molecule has 41 heavy (non-hydrogen) atoms. The summed E-state index contributed by atoms with van der Waals surface area (Å²) in [5.41, 5.74) is 3.58. The summed E-state index contributed by atoms with van der Waals surface area (Å²) in [4.78, 5) is 19.2. The van der Waals surface area contributed by atoms with Crippen molar-refractivity contribution in [2.75, 3.05) is 50.8 Å². The highest BCUT2D eigenvalue weighted by Crippen LogP contribution is 2.47. The van der Waals surface area contributed by atoms with Gasteiger partial charge in [-0.05, 0) is 58.6 Å². The molecule has 2 aromatic heterocycles. The van der Waals surface area contributed by atoms with Gasteiger partial charge in [0.2, 0.25) is 5.91 Å². The first-order chi connectivity index (χ1) is 19.7. The van der Waals surface area contributed by atoms with Gasteiger partial charge in [-0.1, -0.05) is 29.8 Å². The first kappa shape index (κ1) is 28.5. The number of rotatable bonds is 5. The average Bonchev–Trinajstić information content (AvgIpc) is 3.57. The Morgan fingerprint density at radius 2 is 1.83 bits per heavy atom. The van der Waals surface area contributed by atoms with E-state index < -0.39 is 0 Å².